The fourth-order valence-electron chi connectivity index (χ4n) is 2.36. The van der Waals surface area contributed by atoms with E-state index in [2.05, 4.69) is 39.8 Å². The largest absolute Gasteiger partial charge is 0.336 e. The van der Waals surface area contributed by atoms with Gasteiger partial charge in [0, 0.05) is 39.3 Å². The van der Waals surface area contributed by atoms with Gasteiger partial charge < -0.3 is 9.80 Å². The SMILES string of the molecule is CN(C)CCN1CCN(C(=O)c2cccc(F)c2Br)CC1. The van der Waals surface area contributed by atoms with E-state index in [0.717, 1.165) is 26.2 Å². The molecule has 0 unspecified atom stereocenters. The summed E-state index contributed by atoms with van der Waals surface area (Å²) in [6.45, 7) is 5.14. The second-order valence-electron chi connectivity index (χ2n) is 5.54. The third-order valence-electron chi connectivity index (χ3n) is 3.70. The lowest BCUT2D eigenvalue weighted by atomic mass is 10.1. The third kappa shape index (κ3) is 4.25. The third-order valence-corrected chi connectivity index (χ3v) is 4.51. The number of halogens is 2. The van der Waals surface area contributed by atoms with Gasteiger partial charge in [-0.2, -0.15) is 0 Å². The van der Waals surface area contributed by atoms with Crippen LogP contribution in [-0.4, -0.2) is 74.0 Å². The summed E-state index contributed by atoms with van der Waals surface area (Å²) in [5, 5.41) is 0. The van der Waals surface area contributed by atoms with E-state index in [1.165, 1.54) is 6.07 Å². The van der Waals surface area contributed by atoms with Crippen LogP contribution in [0.4, 0.5) is 4.39 Å². The molecule has 0 saturated carbocycles. The Morgan fingerprint density at radius 1 is 1.29 bits per heavy atom. The summed E-state index contributed by atoms with van der Waals surface area (Å²) in [5.74, 6) is -0.501. The number of amides is 1. The van der Waals surface area contributed by atoms with Gasteiger partial charge in [-0.25, -0.2) is 4.39 Å². The van der Waals surface area contributed by atoms with Crippen molar-refractivity contribution >= 4 is 21.8 Å². The summed E-state index contributed by atoms with van der Waals surface area (Å²) >= 11 is 3.16. The first-order valence-corrected chi connectivity index (χ1v) is 7.88. The first kappa shape index (κ1) is 16.4. The highest BCUT2D eigenvalue weighted by atomic mass is 79.9. The molecule has 0 N–H and O–H groups in total. The monoisotopic (exact) mass is 357 g/mol. The fraction of sp³-hybridized carbons (Fsp3) is 0.533. The van der Waals surface area contributed by atoms with E-state index >= 15 is 0 Å². The van der Waals surface area contributed by atoms with Crippen molar-refractivity contribution in [3.63, 3.8) is 0 Å². The maximum Gasteiger partial charge on any atom is 0.255 e. The van der Waals surface area contributed by atoms with Gasteiger partial charge in [0.1, 0.15) is 5.82 Å². The van der Waals surface area contributed by atoms with Crippen molar-refractivity contribution in [2.24, 2.45) is 0 Å². The van der Waals surface area contributed by atoms with Crippen LogP contribution in [0.25, 0.3) is 0 Å². The van der Waals surface area contributed by atoms with Gasteiger partial charge in [-0.15, -0.1) is 0 Å². The number of hydrogen-bond acceptors (Lipinski definition) is 3. The Hall–Kier alpha value is -0.980. The quantitative estimate of drug-likeness (QED) is 0.823. The Bertz CT molecular complexity index is 502. The molecule has 1 saturated heterocycles. The number of carbonyl (C=O) groups is 1. The zero-order chi connectivity index (χ0) is 15.4. The molecule has 1 aliphatic rings. The van der Waals surface area contributed by atoms with Crippen LogP contribution in [0.2, 0.25) is 0 Å². The molecule has 0 bridgehead atoms. The lowest BCUT2D eigenvalue weighted by Crippen LogP contribution is -2.50. The lowest BCUT2D eigenvalue weighted by Gasteiger charge is -2.35. The van der Waals surface area contributed by atoms with Gasteiger partial charge >= 0.3 is 0 Å². The molecular formula is C15H21BrFN3O. The van der Waals surface area contributed by atoms with Crippen LogP contribution in [0.1, 0.15) is 10.4 Å². The van der Waals surface area contributed by atoms with Crippen LogP contribution < -0.4 is 0 Å². The molecule has 0 aromatic heterocycles. The molecule has 116 valence electrons. The van der Waals surface area contributed by atoms with E-state index < -0.39 is 5.82 Å². The van der Waals surface area contributed by atoms with Gasteiger partial charge in [0.25, 0.3) is 5.91 Å². The van der Waals surface area contributed by atoms with E-state index in [0.29, 0.717) is 18.7 Å². The van der Waals surface area contributed by atoms with Gasteiger partial charge in [-0.1, -0.05) is 6.07 Å². The number of rotatable bonds is 4. The van der Waals surface area contributed by atoms with Crippen molar-refractivity contribution in [1.29, 1.82) is 0 Å². The van der Waals surface area contributed by atoms with Crippen molar-refractivity contribution in [1.82, 2.24) is 14.7 Å². The highest BCUT2D eigenvalue weighted by Gasteiger charge is 2.24. The lowest BCUT2D eigenvalue weighted by molar-refractivity contribution is 0.0628. The van der Waals surface area contributed by atoms with Crippen LogP contribution in [0.3, 0.4) is 0 Å². The molecule has 4 nitrogen and oxygen atoms in total. The molecule has 1 amide bonds. The smallest absolute Gasteiger partial charge is 0.255 e. The van der Waals surface area contributed by atoms with E-state index in [9.17, 15) is 9.18 Å². The molecule has 0 atom stereocenters. The summed E-state index contributed by atoms with van der Waals surface area (Å²) in [5.41, 5.74) is 0.400. The normalized spacial score (nSPS) is 16.5. The molecule has 6 heteroatoms. The van der Waals surface area contributed by atoms with Gasteiger partial charge in [-0.3, -0.25) is 9.69 Å². The zero-order valence-corrected chi connectivity index (χ0v) is 14.1. The molecule has 0 aliphatic carbocycles. The molecule has 0 radical (unpaired) electrons. The molecule has 1 aromatic rings. The Balaban J connectivity index is 1.93. The average Bonchev–Trinajstić information content (AvgIpc) is 2.48. The molecule has 0 spiro atoms. The molecule has 21 heavy (non-hydrogen) atoms. The summed E-state index contributed by atoms with van der Waals surface area (Å²) < 4.78 is 13.8. The number of likely N-dealkylation sites (N-methyl/N-ethyl adjacent to an activating group) is 1. The zero-order valence-electron chi connectivity index (χ0n) is 12.5. The van der Waals surface area contributed by atoms with Gasteiger partial charge in [-0.05, 0) is 42.2 Å². The van der Waals surface area contributed by atoms with Crippen molar-refractivity contribution < 1.29 is 9.18 Å². The highest BCUT2D eigenvalue weighted by molar-refractivity contribution is 9.10. The first-order chi connectivity index (χ1) is 9.99. The van der Waals surface area contributed by atoms with Crippen LogP contribution in [-0.2, 0) is 0 Å². The Morgan fingerprint density at radius 3 is 2.57 bits per heavy atom. The minimum absolute atomic E-state index is 0.103. The molecule has 1 aromatic carbocycles. The molecule has 2 rings (SSSR count). The summed E-state index contributed by atoms with van der Waals surface area (Å²) in [7, 11) is 4.11. The second kappa shape index (κ2) is 7.33. The number of hydrogen-bond donors (Lipinski definition) is 0. The van der Waals surface area contributed by atoms with Crippen LogP contribution >= 0.6 is 15.9 Å². The standard InChI is InChI=1S/C15H21BrFN3O/c1-18(2)6-7-19-8-10-20(11-9-19)15(21)12-4-3-5-13(17)14(12)16/h3-5H,6-11H2,1-2H3. The van der Waals surface area contributed by atoms with Crippen LogP contribution in [0, 0.1) is 5.82 Å². The van der Waals surface area contributed by atoms with Crippen LogP contribution in [0.15, 0.2) is 22.7 Å². The van der Waals surface area contributed by atoms with Crippen molar-refractivity contribution in [2.75, 3.05) is 53.4 Å². The molecule has 1 aliphatic heterocycles. The number of nitrogens with zero attached hydrogens (tertiary/aromatic N) is 3. The van der Waals surface area contributed by atoms with E-state index in [4.69, 9.17) is 0 Å². The van der Waals surface area contributed by atoms with Crippen molar-refractivity contribution in [3.8, 4) is 0 Å². The fourth-order valence-corrected chi connectivity index (χ4v) is 2.79. The van der Waals surface area contributed by atoms with E-state index in [1.54, 1.807) is 17.0 Å². The van der Waals surface area contributed by atoms with Gasteiger partial charge in [0.15, 0.2) is 0 Å². The number of piperazine rings is 1. The van der Waals surface area contributed by atoms with Gasteiger partial charge in [0.05, 0.1) is 10.0 Å². The van der Waals surface area contributed by atoms with Crippen LogP contribution in [0.5, 0.6) is 0 Å². The Kier molecular flexibility index (Phi) is 5.72. The molecule has 1 fully saturated rings. The predicted octanol–water partition coefficient (Wildman–Crippen LogP) is 1.91. The van der Waals surface area contributed by atoms with Crippen molar-refractivity contribution in [2.45, 2.75) is 0 Å². The highest BCUT2D eigenvalue weighted by Crippen LogP contribution is 2.22. The summed E-state index contributed by atoms with van der Waals surface area (Å²) in [4.78, 5) is 18.8. The summed E-state index contributed by atoms with van der Waals surface area (Å²) in [6.07, 6.45) is 0. The van der Waals surface area contributed by atoms with E-state index in [-0.39, 0.29) is 10.4 Å². The number of benzene rings is 1. The Labute approximate surface area is 133 Å². The number of carbonyl (C=O) groups excluding carboxylic acids is 1. The second-order valence-corrected chi connectivity index (χ2v) is 6.33. The summed E-state index contributed by atoms with van der Waals surface area (Å²) in [6, 6.07) is 4.58. The maximum atomic E-state index is 13.5. The van der Waals surface area contributed by atoms with Gasteiger partial charge in [0.2, 0.25) is 0 Å². The molecule has 1 heterocycles. The average molecular weight is 358 g/mol. The Morgan fingerprint density at radius 2 is 1.95 bits per heavy atom. The minimum atomic E-state index is -0.398. The topological polar surface area (TPSA) is 26.8 Å². The predicted molar refractivity (Wildman–Crippen MR) is 85.0 cm³/mol. The maximum absolute atomic E-state index is 13.5. The van der Waals surface area contributed by atoms with Crippen molar-refractivity contribution in [3.05, 3.63) is 34.1 Å². The minimum Gasteiger partial charge on any atom is -0.336 e. The first-order valence-electron chi connectivity index (χ1n) is 7.09. The van der Waals surface area contributed by atoms with E-state index in [1.807, 2.05) is 0 Å². The molecular weight excluding hydrogens is 337 g/mol.